The molecule has 5 rings (SSSR count). The summed E-state index contributed by atoms with van der Waals surface area (Å²) in [6, 6.07) is 2.10. The van der Waals surface area contributed by atoms with Crippen LogP contribution in [0.5, 0.6) is 0 Å². The lowest BCUT2D eigenvalue weighted by atomic mass is 9.43. The average molecular weight is 468 g/mol. The third-order valence-corrected chi connectivity index (χ3v) is 10.7. The van der Waals surface area contributed by atoms with E-state index in [0.717, 1.165) is 51.7 Å². The second-order valence-corrected chi connectivity index (χ2v) is 12.4. The number of rotatable bonds is 6. The Balaban J connectivity index is 1.36. The van der Waals surface area contributed by atoms with Gasteiger partial charge in [0.2, 0.25) is 0 Å². The molecule has 4 fully saturated rings. The Morgan fingerprint density at radius 1 is 1.21 bits per heavy atom. The molecule has 4 aliphatic carbocycles. The summed E-state index contributed by atoms with van der Waals surface area (Å²) in [5, 5.41) is 24.2. The van der Waals surface area contributed by atoms with Crippen molar-refractivity contribution < 1.29 is 14.6 Å². The summed E-state index contributed by atoms with van der Waals surface area (Å²) in [5.41, 5.74) is 0.210. The largest absolute Gasteiger partial charge is 0.390 e. The molecule has 1 aromatic heterocycles. The first-order chi connectivity index (χ1) is 16.2. The van der Waals surface area contributed by atoms with Crippen LogP contribution in [0.1, 0.15) is 84.1 Å². The fourth-order valence-electron chi connectivity index (χ4n) is 9.11. The number of ether oxygens (including phenoxy) is 1. The summed E-state index contributed by atoms with van der Waals surface area (Å²) < 4.78 is 7.79. The van der Waals surface area contributed by atoms with Crippen molar-refractivity contribution in [3.8, 4) is 6.07 Å². The van der Waals surface area contributed by atoms with Gasteiger partial charge in [0.05, 0.1) is 30.5 Å². The lowest BCUT2D eigenvalue weighted by Gasteiger charge is -2.62. The van der Waals surface area contributed by atoms with Crippen molar-refractivity contribution in [2.75, 3.05) is 13.2 Å². The average Bonchev–Trinajstić information content (AvgIpc) is 3.40. The Labute approximate surface area is 204 Å². The Hall–Kier alpha value is -1.71. The smallest absolute Gasteiger partial charge is 0.157 e. The molecule has 0 radical (unpaired) electrons. The lowest BCUT2D eigenvalue weighted by Crippen LogP contribution is -2.58. The number of fused-ring (bicyclic) bond motifs is 5. The van der Waals surface area contributed by atoms with Gasteiger partial charge in [0, 0.05) is 18.7 Å². The molecule has 34 heavy (non-hydrogen) atoms. The summed E-state index contributed by atoms with van der Waals surface area (Å²) in [5.74, 6) is 2.80. The van der Waals surface area contributed by atoms with Crippen molar-refractivity contribution in [2.24, 2.45) is 40.4 Å². The van der Waals surface area contributed by atoms with Crippen molar-refractivity contribution in [3.05, 3.63) is 18.0 Å². The highest BCUT2D eigenvalue weighted by molar-refractivity contribution is 5.82. The molecule has 0 spiro atoms. The van der Waals surface area contributed by atoms with E-state index in [-0.39, 0.29) is 29.1 Å². The van der Waals surface area contributed by atoms with Crippen LogP contribution >= 0.6 is 0 Å². The van der Waals surface area contributed by atoms with Crippen molar-refractivity contribution in [1.29, 1.82) is 5.26 Å². The normalized spacial score (nSPS) is 43.4. The first-order valence-electron chi connectivity index (χ1n) is 13.5. The van der Waals surface area contributed by atoms with E-state index < -0.39 is 5.60 Å². The van der Waals surface area contributed by atoms with Crippen molar-refractivity contribution in [1.82, 2.24) is 9.78 Å². The molecule has 8 atom stereocenters. The van der Waals surface area contributed by atoms with Gasteiger partial charge in [0.1, 0.15) is 6.07 Å². The molecular formula is C28H41N3O3. The van der Waals surface area contributed by atoms with Gasteiger partial charge < -0.3 is 9.84 Å². The van der Waals surface area contributed by atoms with Crippen LogP contribution in [0.3, 0.4) is 0 Å². The summed E-state index contributed by atoms with van der Waals surface area (Å²) in [6.45, 7) is 8.36. The topological polar surface area (TPSA) is 88.1 Å². The molecule has 186 valence electrons. The van der Waals surface area contributed by atoms with Gasteiger partial charge in [-0.25, -0.2) is 0 Å². The van der Waals surface area contributed by atoms with Crippen LogP contribution < -0.4 is 0 Å². The van der Waals surface area contributed by atoms with Crippen LogP contribution in [0.2, 0.25) is 0 Å². The maximum Gasteiger partial charge on any atom is 0.157 e. The van der Waals surface area contributed by atoms with E-state index in [1.807, 2.05) is 6.92 Å². The number of nitriles is 1. The fourth-order valence-corrected chi connectivity index (χ4v) is 9.11. The van der Waals surface area contributed by atoms with E-state index >= 15 is 0 Å². The van der Waals surface area contributed by atoms with Crippen molar-refractivity contribution >= 4 is 5.78 Å². The number of hydrogen-bond acceptors (Lipinski definition) is 5. The molecule has 1 heterocycles. The lowest BCUT2D eigenvalue weighted by molar-refractivity contribution is -0.178. The predicted octanol–water partition coefficient (Wildman–Crippen LogP) is 4.75. The van der Waals surface area contributed by atoms with Gasteiger partial charge in [-0.1, -0.05) is 6.92 Å². The monoisotopic (exact) mass is 467 g/mol. The van der Waals surface area contributed by atoms with E-state index in [0.29, 0.717) is 29.2 Å². The number of hydrogen-bond donors (Lipinski definition) is 1. The van der Waals surface area contributed by atoms with E-state index in [4.69, 9.17) is 10.00 Å². The van der Waals surface area contributed by atoms with E-state index in [1.165, 1.54) is 25.5 Å². The predicted molar refractivity (Wildman–Crippen MR) is 129 cm³/mol. The first kappa shape index (κ1) is 24.0. The molecule has 0 aliphatic heterocycles. The zero-order valence-electron chi connectivity index (χ0n) is 21.1. The molecule has 0 saturated heterocycles. The van der Waals surface area contributed by atoms with Gasteiger partial charge in [-0.2, -0.15) is 10.4 Å². The van der Waals surface area contributed by atoms with Gasteiger partial charge in [0.25, 0.3) is 0 Å². The molecule has 0 unspecified atom stereocenters. The molecular weight excluding hydrogens is 426 g/mol. The van der Waals surface area contributed by atoms with Crippen LogP contribution in [-0.2, 0) is 16.1 Å². The SMILES string of the molecule is CCOC[C@]12CC[C@@](C)(O)C[C@@H]1CC[C@H]1[C@@H]3CC[C@H](C(=O)Cn4cc(C#N)cn4)[C@@]3(C)CC[C@@H]12. The highest BCUT2D eigenvalue weighted by Gasteiger charge is 2.63. The molecule has 0 aromatic carbocycles. The van der Waals surface area contributed by atoms with Crippen LogP contribution in [-0.4, -0.2) is 39.5 Å². The minimum atomic E-state index is -0.542. The maximum absolute atomic E-state index is 13.4. The highest BCUT2D eigenvalue weighted by atomic mass is 16.5. The van der Waals surface area contributed by atoms with Crippen molar-refractivity contribution in [3.63, 3.8) is 0 Å². The third-order valence-electron chi connectivity index (χ3n) is 10.7. The Morgan fingerprint density at radius 3 is 2.76 bits per heavy atom. The van der Waals surface area contributed by atoms with E-state index in [9.17, 15) is 9.90 Å². The summed E-state index contributed by atoms with van der Waals surface area (Å²) in [4.78, 5) is 13.4. The van der Waals surface area contributed by atoms with Crippen LogP contribution in [0, 0.1) is 51.8 Å². The molecule has 1 aromatic rings. The Morgan fingerprint density at radius 2 is 2.03 bits per heavy atom. The van der Waals surface area contributed by atoms with Crippen LogP contribution in [0.4, 0.5) is 0 Å². The van der Waals surface area contributed by atoms with Gasteiger partial charge >= 0.3 is 0 Å². The van der Waals surface area contributed by atoms with Gasteiger partial charge in [-0.15, -0.1) is 0 Å². The molecule has 6 nitrogen and oxygen atoms in total. The van der Waals surface area contributed by atoms with E-state index in [2.05, 4.69) is 25.0 Å². The minimum Gasteiger partial charge on any atom is -0.390 e. The first-order valence-corrected chi connectivity index (χ1v) is 13.5. The Kier molecular flexibility index (Phi) is 6.18. The summed E-state index contributed by atoms with van der Waals surface area (Å²) in [7, 11) is 0. The highest BCUT2D eigenvalue weighted by Crippen LogP contribution is 2.68. The van der Waals surface area contributed by atoms with Crippen LogP contribution in [0.15, 0.2) is 12.4 Å². The molecule has 6 heteroatoms. The number of Topliss-reactive ketones (excluding diaryl/α,β-unsaturated/α-hetero) is 1. The third kappa shape index (κ3) is 3.84. The fraction of sp³-hybridized carbons (Fsp3) is 0.821. The van der Waals surface area contributed by atoms with Crippen molar-refractivity contribution in [2.45, 2.75) is 90.7 Å². The Bertz CT molecular complexity index is 964. The number of ketones is 1. The molecule has 0 amide bonds. The van der Waals surface area contributed by atoms with Crippen LogP contribution in [0.25, 0.3) is 0 Å². The minimum absolute atomic E-state index is 0.0588. The standard InChI is InChI=1S/C28H41N3O3/c1-4-34-18-28-12-11-26(2,33)13-20(28)5-6-21-22-7-8-24(27(22,3)10-9-23(21)28)25(32)17-31-16-19(14-29)15-30-31/h15-16,20-24,33H,4-13,17-18H2,1-3H3/t20-,21-,22-,23-,24+,26+,27-,28+/m0/s1. The number of nitrogens with zero attached hydrogens (tertiary/aromatic N) is 3. The van der Waals surface area contributed by atoms with Gasteiger partial charge in [-0.05, 0) is 106 Å². The second-order valence-electron chi connectivity index (χ2n) is 12.4. The summed E-state index contributed by atoms with van der Waals surface area (Å²) in [6.07, 6.45) is 12.9. The quantitative estimate of drug-likeness (QED) is 0.652. The van der Waals surface area contributed by atoms with E-state index in [1.54, 1.807) is 10.9 Å². The second kappa shape index (κ2) is 8.75. The molecule has 1 N–H and O–H groups in total. The molecule has 4 saturated carbocycles. The number of aliphatic hydroxyl groups is 1. The maximum atomic E-state index is 13.4. The zero-order valence-corrected chi connectivity index (χ0v) is 21.1. The number of carbonyl (C=O) groups is 1. The molecule has 4 aliphatic rings. The zero-order chi connectivity index (χ0) is 24.1. The van der Waals surface area contributed by atoms with Gasteiger partial charge in [-0.3, -0.25) is 9.48 Å². The van der Waals surface area contributed by atoms with Gasteiger partial charge in [0.15, 0.2) is 5.78 Å². The summed E-state index contributed by atoms with van der Waals surface area (Å²) >= 11 is 0. The molecule has 0 bridgehead atoms. The number of carbonyl (C=O) groups excluding carboxylic acids is 1. The number of aromatic nitrogens is 2.